The van der Waals surface area contributed by atoms with E-state index in [0.717, 1.165) is 5.56 Å². The summed E-state index contributed by atoms with van der Waals surface area (Å²) in [5.74, 6) is -0.104. The van der Waals surface area contributed by atoms with E-state index in [-0.39, 0.29) is 30.8 Å². The number of nitrogens with one attached hydrogen (secondary N) is 1. The number of nitrogens with zero attached hydrogens (tertiary/aromatic N) is 1. The maximum absolute atomic E-state index is 13.6. The number of amides is 2. The van der Waals surface area contributed by atoms with Crippen LogP contribution in [0.3, 0.4) is 0 Å². The molecule has 0 bridgehead atoms. The zero-order valence-electron chi connectivity index (χ0n) is 21.2. The van der Waals surface area contributed by atoms with Gasteiger partial charge in [-0.15, -0.1) is 0 Å². The highest BCUT2D eigenvalue weighted by Gasteiger charge is 2.32. The average molecular weight is 493 g/mol. The maximum Gasteiger partial charge on any atom is 0.261 e. The van der Waals surface area contributed by atoms with Crippen molar-refractivity contribution in [2.45, 2.75) is 45.3 Å². The summed E-state index contributed by atoms with van der Waals surface area (Å²) in [6, 6.07) is 21.7. The maximum atomic E-state index is 13.6. The Bertz CT molecular complexity index is 1140. The predicted octanol–water partition coefficient (Wildman–Crippen LogP) is 4.77. The lowest BCUT2D eigenvalue weighted by molar-refractivity contribution is -0.143. The van der Waals surface area contributed by atoms with Crippen LogP contribution in [0.5, 0.6) is 11.5 Å². The third-order valence-electron chi connectivity index (χ3n) is 5.46. The molecule has 0 radical (unpaired) electrons. The van der Waals surface area contributed by atoms with Crippen LogP contribution in [0.2, 0.25) is 0 Å². The van der Waals surface area contributed by atoms with E-state index in [4.69, 9.17) is 9.47 Å². The molecular formula is C29H33FN2O4. The van der Waals surface area contributed by atoms with Gasteiger partial charge >= 0.3 is 0 Å². The number of hydrogen-bond donors (Lipinski definition) is 1. The molecule has 0 aromatic heterocycles. The molecule has 0 spiro atoms. The van der Waals surface area contributed by atoms with Gasteiger partial charge in [-0.2, -0.15) is 0 Å². The first-order chi connectivity index (χ1) is 17.2. The van der Waals surface area contributed by atoms with Gasteiger partial charge in [0.2, 0.25) is 5.91 Å². The van der Waals surface area contributed by atoms with E-state index < -0.39 is 11.6 Å². The molecule has 0 saturated carbocycles. The molecule has 3 aromatic rings. The van der Waals surface area contributed by atoms with Crippen molar-refractivity contribution in [3.63, 3.8) is 0 Å². The first kappa shape index (κ1) is 26.7. The van der Waals surface area contributed by atoms with E-state index >= 15 is 0 Å². The molecule has 3 rings (SSSR count). The Morgan fingerprint density at radius 2 is 1.50 bits per heavy atom. The molecule has 2 amide bonds. The Morgan fingerprint density at radius 1 is 0.889 bits per heavy atom. The minimum absolute atomic E-state index is 0.115. The van der Waals surface area contributed by atoms with Crippen molar-refractivity contribution in [3.05, 3.63) is 95.8 Å². The second kappa shape index (κ2) is 12.2. The van der Waals surface area contributed by atoms with Gasteiger partial charge in [-0.25, -0.2) is 4.39 Å². The van der Waals surface area contributed by atoms with Crippen molar-refractivity contribution >= 4 is 11.8 Å². The summed E-state index contributed by atoms with van der Waals surface area (Å²) >= 11 is 0. The van der Waals surface area contributed by atoms with Crippen LogP contribution in [0.25, 0.3) is 0 Å². The normalized spacial score (nSPS) is 11.9. The monoisotopic (exact) mass is 492 g/mol. The highest BCUT2D eigenvalue weighted by Crippen LogP contribution is 2.26. The van der Waals surface area contributed by atoms with Crippen molar-refractivity contribution in [2.24, 2.45) is 0 Å². The van der Waals surface area contributed by atoms with Crippen molar-refractivity contribution in [3.8, 4) is 11.5 Å². The largest absolute Gasteiger partial charge is 0.493 e. The summed E-state index contributed by atoms with van der Waals surface area (Å²) in [6.07, 6.45) is 0.310. The summed E-state index contributed by atoms with van der Waals surface area (Å²) in [7, 11) is 1.53. The highest BCUT2D eigenvalue weighted by atomic mass is 19.1. The fourth-order valence-electron chi connectivity index (χ4n) is 3.75. The van der Waals surface area contributed by atoms with Gasteiger partial charge in [0.25, 0.3) is 5.91 Å². The molecule has 36 heavy (non-hydrogen) atoms. The Balaban J connectivity index is 1.93. The standard InChI is InChI=1S/C29H33FN2O4/c1-29(2,3)31-28(34)24(18-21-10-6-5-7-11-21)32(19-22-14-16-23(30)17-15-22)27(33)20-36-26-13-9-8-12-25(26)35-4/h5-17,24H,18-20H2,1-4H3,(H,31,34). The van der Waals surface area contributed by atoms with Gasteiger partial charge in [-0.1, -0.05) is 54.6 Å². The third kappa shape index (κ3) is 7.83. The Kier molecular flexibility index (Phi) is 9.06. The molecule has 0 heterocycles. The molecule has 3 aromatic carbocycles. The molecular weight excluding hydrogens is 459 g/mol. The summed E-state index contributed by atoms with van der Waals surface area (Å²) in [4.78, 5) is 28.6. The number of halogens is 1. The SMILES string of the molecule is COc1ccccc1OCC(=O)N(Cc1ccc(F)cc1)C(Cc1ccccc1)C(=O)NC(C)(C)C. The van der Waals surface area contributed by atoms with Crippen LogP contribution in [0.1, 0.15) is 31.9 Å². The number of para-hydroxylation sites is 2. The Labute approximate surface area is 212 Å². The van der Waals surface area contributed by atoms with Crippen LogP contribution < -0.4 is 14.8 Å². The number of ether oxygens (including phenoxy) is 2. The van der Waals surface area contributed by atoms with Gasteiger partial charge in [0, 0.05) is 18.5 Å². The van der Waals surface area contributed by atoms with Crippen LogP contribution in [0, 0.1) is 5.82 Å². The number of carbonyl (C=O) groups is 2. The molecule has 7 heteroatoms. The van der Waals surface area contributed by atoms with E-state index in [1.54, 1.807) is 36.4 Å². The van der Waals surface area contributed by atoms with E-state index in [9.17, 15) is 14.0 Å². The lowest BCUT2D eigenvalue weighted by atomic mass is 10.0. The summed E-state index contributed by atoms with van der Waals surface area (Å²) in [5, 5.41) is 3.01. The summed E-state index contributed by atoms with van der Waals surface area (Å²) in [5.41, 5.74) is 1.11. The van der Waals surface area contributed by atoms with Crippen LogP contribution >= 0.6 is 0 Å². The topological polar surface area (TPSA) is 67.9 Å². The van der Waals surface area contributed by atoms with Gasteiger partial charge in [0.1, 0.15) is 11.9 Å². The molecule has 0 fully saturated rings. The molecule has 0 aliphatic heterocycles. The molecule has 190 valence electrons. The van der Waals surface area contributed by atoms with Gasteiger partial charge < -0.3 is 19.7 Å². The predicted molar refractivity (Wildman–Crippen MR) is 137 cm³/mol. The number of methoxy groups -OCH3 is 1. The first-order valence-electron chi connectivity index (χ1n) is 11.8. The fourth-order valence-corrected chi connectivity index (χ4v) is 3.75. The Hall–Kier alpha value is -3.87. The average Bonchev–Trinajstić information content (AvgIpc) is 2.85. The number of carbonyl (C=O) groups excluding carboxylic acids is 2. The van der Waals surface area contributed by atoms with Gasteiger partial charge in [-0.05, 0) is 56.2 Å². The lowest BCUT2D eigenvalue weighted by Crippen LogP contribution is -2.55. The zero-order valence-corrected chi connectivity index (χ0v) is 21.2. The molecule has 1 unspecified atom stereocenters. The molecule has 0 aliphatic carbocycles. The van der Waals surface area contributed by atoms with Crippen molar-refractivity contribution in [2.75, 3.05) is 13.7 Å². The molecule has 1 atom stereocenters. The minimum atomic E-state index is -0.814. The van der Waals surface area contributed by atoms with E-state index in [2.05, 4.69) is 5.32 Å². The van der Waals surface area contributed by atoms with Crippen molar-refractivity contribution in [1.82, 2.24) is 10.2 Å². The highest BCUT2D eigenvalue weighted by molar-refractivity contribution is 5.89. The molecule has 1 N–H and O–H groups in total. The van der Waals surface area contributed by atoms with Crippen molar-refractivity contribution in [1.29, 1.82) is 0 Å². The zero-order chi connectivity index (χ0) is 26.1. The third-order valence-corrected chi connectivity index (χ3v) is 5.46. The van der Waals surface area contributed by atoms with Gasteiger partial charge in [0.05, 0.1) is 7.11 Å². The van der Waals surface area contributed by atoms with Crippen LogP contribution in [0.15, 0.2) is 78.9 Å². The fraction of sp³-hybridized carbons (Fsp3) is 0.310. The van der Waals surface area contributed by atoms with Gasteiger partial charge in [0.15, 0.2) is 18.1 Å². The van der Waals surface area contributed by atoms with E-state index in [1.807, 2.05) is 51.1 Å². The molecule has 0 saturated heterocycles. The number of benzene rings is 3. The minimum Gasteiger partial charge on any atom is -0.493 e. The van der Waals surface area contributed by atoms with Crippen LogP contribution in [0.4, 0.5) is 4.39 Å². The van der Waals surface area contributed by atoms with E-state index in [0.29, 0.717) is 23.5 Å². The van der Waals surface area contributed by atoms with Crippen LogP contribution in [-0.4, -0.2) is 42.0 Å². The van der Waals surface area contributed by atoms with E-state index in [1.165, 1.54) is 24.1 Å². The quantitative estimate of drug-likeness (QED) is 0.443. The van der Waals surface area contributed by atoms with Crippen LogP contribution in [-0.2, 0) is 22.6 Å². The molecule has 0 aliphatic rings. The lowest BCUT2D eigenvalue weighted by Gasteiger charge is -2.33. The van der Waals surface area contributed by atoms with Gasteiger partial charge in [-0.3, -0.25) is 9.59 Å². The second-order valence-electron chi connectivity index (χ2n) is 9.53. The first-order valence-corrected chi connectivity index (χ1v) is 11.8. The molecule has 6 nitrogen and oxygen atoms in total. The summed E-state index contributed by atoms with van der Waals surface area (Å²) in [6.45, 7) is 5.49. The summed E-state index contributed by atoms with van der Waals surface area (Å²) < 4.78 is 24.7. The smallest absolute Gasteiger partial charge is 0.261 e. The number of rotatable bonds is 10. The Morgan fingerprint density at radius 3 is 2.11 bits per heavy atom. The second-order valence-corrected chi connectivity index (χ2v) is 9.53. The number of hydrogen-bond acceptors (Lipinski definition) is 4. The van der Waals surface area contributed by atoms with Crippen molar-refractivity contribution < 1.29 is 23.5 Å².